The summed E-state index contributed by atoms with van der Waals surface area (Å²) in [5.41, 5.74) is 13.8. The monoisotopic (exact) mass is 260 g/mol. The van der Waals surface area contributed by atoms with Gasteiger partial charge in [0, 0.05) is 29.1 Å². The molecule has 0 aliphatic carbocycles. The van der Waals surface area contributed by atoms with Crippen molar-refractivity contribution in [1.29, 1.82) is 0 Å². The molecule has 0 fully saturated rings. The van der Waals surface area contributed by atoms with Gasteiger partial charge < -0.3 is 16.5 Å². The van der Waals surface area contributed by atoms with Gasteiger partial charge in [-0.25, -0.2) is 13.8 Å². The molecule has 3 aromatic rings. The molecule has 19 heavy (non-hydrogen) atoms. The summed E-state index contributed by atoms with van der Waals surface area (Å²) in [5.74, 6) is -1.40. The summed E-state index contributed by atoms with van der Waals surface area (Å²) in [5, 5.41) is 0. The number of nitrogens with one attached hydrogen (secondary N) is 1. The number of anilines is 2. The smallest absolute Gasteiger partial charge is 0.161 e. The van der Waals surface area contributed by atoms with E-state index in [1.807, 2.05) is 0 Å². The zero-order valence-electron chi connectivity index (χ0n) is 9.74. The van der Waals surface area contributed by atoms with Gasteiger partial charge in [-0.3, -0.25) is 0 Å². The van der Waals surface area contributed by atoms with Crippen molar-refractivity contribution < 1.29 is 8.78 Å². The van der Waals surface area contributed by atoms with E-state index in [4.69, 9.17) is 11.5 Å². The van der Waals surface area contributed by atoms with E-state index in [1.54, 1.807) is 18.2 Å². The molecule has 5 N–H and O–H groups in total. The Labute approximate surface area is 107 Å². The maximum atomic E-state index is 13.1. The van der Waals surface area contributed by atoms with Gasteiger partial charge in [-0.05, 0) is 18.2 Å². The normalized spacial score (nSPS) is 11.1. The van der Waals surface area contributed by atoms with Crippen LogP contribution in [0.2, 0.25) is 0 Å². The number of fused-ring (bicyclic) bond motifs is 1. The molecule has 6 heteroatoms. The van der Waals surface area contributed by atoms with Crippen molar-refractivity contribution in [3.05, 3.63) is 42.0 Å². The van der Waals surface area contributed by atoms with Crippen LogP contribution in [-0.4, -0.2) is 9.97 Å². The van der Waals surface area contributed by atoms with Crippen LogP contribution in [-0.2, 0) is 0 Å². The lowest BCUT2D eigenvalue weighted by atomic mass is 10.1. The Morgan fingerprint density at radius 1 is 0.895 bits per heavy atom. The Kier molecular flexibility index (Phi) is 2.38. The topological polar surface area (TPSA) is 80.7 Å². The van der Waals surface area contributed by atoms with E-state index in [-0.39, 0.29) is 0 Å². The standard InChI is InChI=1S/C13H10F2N4/c14-9-4-11-12(5-10(9)15)19-13(18-11)6-1-7(16)3-8(17)2-6/h1-5H,16-17H2,(H,18,19). The largest absolute Gasteiger partial charge is 0.399 e. The zero-order chi connectivity index (χ0) is 13.6. The molecule has 0 radical (unpaired) electrons. The molecule has 0 bridgehead atoms. The Hall–Kier alpha value is -2.63. The molecule has 2 aromatic carbocycles. The summed E-state index contributed by atoms with van der Waals surface area (Å²) in [7, 11) is 0. The predicted molar refractivity (Wildman–Crippen MR) is 70.3 cm³/mol. The van der Waals surface area contributed by atoms with Gasteiger partial charge in [-0.1, -0.05) is 0 Å². The molecule has 0 atom stereocenters. The van der Waals surface area contributed by atoms with Gasteiger partial charge in [0.15, 0.2) is 11.6 Å². The van der Waals surface area contributed by atoms with Crippen LogP contribution in [0.3, 0.4) is 0 Å². The molecular weight excluding hydrogens is 250 g/mol. The fourth-order valence-electron chi connectivity index (χ4n) is 1.95. The summed E-state index contributed by atoms with van der Waals surface area (Å²) < 4.78 is 26.2. The summed E-state index contributed by atoms with van der Waals surface area (Å²) in [4.78, 5) is 7.10. The van der Waals surface area contributed by atoms with E-state index in [1.165, 1.54) is 0 Å². The summed E-state index contributed by atoms with van der Waals surface area (Å²) in [6, 6.07) is 7.09. The molecule has 1 aromatic heterocycles. The average Bonchev–Trinajstić information content (AvgIpc) is 2.71. The first-order chi connectivity index (χ1) is 9.02. The van der Waals surface area contributed by atoms with Crippen LogP contribution in [0.25, 0.3) is 22.4 Å². The van der Waals surface area contributed by atoms with Crippen molar-refractivity contribution in [3.63, 3.8) is 0 Å². The molecule has 0 saturated heterocycles. The van der Waals surface area contributed by atoms with Crippen LogP contribution < -0.4 is 11.5 Å². The molecule has 3 rings (SSSR count). The quantitative estimate of drug-likeness (QED) is 0.588. The van der Waals surface area contributed by atoms with E-state index in [0.717, 1.165) is 12.1 Å². The number of aromatic nitrogens is 2. The lowest BCUT2D eigenvalue weighted by Gasteiger charge is -2.01. The lowest BCUT2D eigenvalue weighted by Crippen LogP contribution is -1.92. The molecule has 0 unspecified atom stereocenters. The second kappa shape index (κ2) is 3.94. The predicted octanol–water partition coefficient (Wildman–Crippen LogP) is 2.67. The first kappa shape index (κ1) is 11.5. The van der Waals surface area contributed by atoms with Crippen LogP contribution in [0.1, 0.15) is 0 Å². The number of benzene rings is 2. The van der Waals surface area contributed by atoms with Crippen LogP contribution >= 0.6 is 0 Å². The van der Waals surface area contributed by atoms with Gasteiger partial charge in [-0.2, -0.15) is 0 Å². The Balaban J connectivity index is 2.20. The number of hydrogen-bond acceptors (Lipinski definition) is 3. The first-order valence-corrected chi connectivity index (χ1v) is 5.54. The number of nitrogens with zero attached hydrogens (tertiary/aromatic N) is 1. The average molecular weight is 260 g/mol. The van der Waals surface area contributed by atoms with Crippen LogP contribution in [0, 0.1) is 11.6 Å². The fourth-order valence-corrected chi connectivity index (χ4v) is 1.95. The molecule has 0 spiro atoms. The molecule has 0 aliphatic rings. The van der Waals surface area contributed by atoms with E-state index >= 15 is 0 Å². The molecule has 0 aliphatic heterocycles. The van der Waals surface area contributed by atoms with Crippen molar-refractivity contribution in [2.75, 3.05) is 11.5 Å². The number of halogens is 2. The number of H-pyrrole nitrogens is 1. The van der Waals surface area contributed by atoms with Crippen LogP contribution in [0.15, 0.2) is 30.3 Å². The Morgan fingerprint density at radius 3 is 2.21 bits per heavy atom. The highest BCUT2D eigenvalue weighted by Crippen LogP contribution is 2.25. The second-order valence-electron chi connectivity index (χ2n) is 4.26. The van der Waals surface area contributed by atoms with Gasteiger partial charge in [-0.15, -0.1) is 0 Å². The van der Waals surface area contributed by atoms with Crippen LogP contribution in [0.4, 0.5) is 20.2 Å². The van der Waals surface area contributed by atoms with Gasteiger partial charge in [0.2, 0.25) is 0 Å². The van der Waals surface area contributed by atoms with Crippen molar-refractivity contribution in [3.8, 4) is 11.4 Å². The molecule has 0 saturated carbocycles. The molecule has 1 heterocycles. The van der Waals surface area contributed by atoms with E-state index < -0.39 is 11.6 Å². The number of imidazole rings is 1. The van der Waals surface area contributed by atoms with Gasteiger partial charge >= 0.3 is 0 Å². The van der Waals surface area contributed by atoms with E-state index in [2.05, 4.69) is 9.97 Å². The van der Waals surface area contributed by atoms with Gasteiger partial charge in [0.1, 0.15) is 5.82 Å². The number of rotatable bonds is 1. The lowest BCUT2D eigenvalue weighted by molar-refractivity contribution is 0.510. The maximum absolute atomic E-state index is 13.1. The maximum Gasteiger partial charge on any atom is 0.161 e. The molecule has 4 nitrogen and oxygen atoms in total. The number of nitrogen functional groups attached to an aromatic ring is 2. The zero-order valence-corrected chi connectivity index (χ0v) is 9.74. The van der Waals surface area contributed by atoms with E-state index in [9.17, 15) is 8.78 Å². The summed E-state index contributed by atoms with van der Waals surface area (Å²) >= 11 is 0. The molecular formula is C13H10F2N4. The number of aromatic amines is 1. The van der Waals surface area contributed by atoms with E-state index in [0.29, 0.717) is 33.8 Å². The minimum atomic E-state index is -0.933. The molecule has 0 amide bonds. The van der Waals surface area contributed by atoms with Gasteiger partial charge in [0.05, 0.1) is 11.0 Å². The highest BCUT2D eigenvalue weighted by atomic mass is 19.2. The van der Waals surface area contributed by atoms with Gasteiger partial charge in [0.25, 0.3) is 0 Å². The highest BCUT2D eigenvalue weighted by molar-refractivity contribution is 5.80. The summed E-state index contributed by atoms with van der Waals surface area (Å²) in [6.07, 6.45) is 0. The minimum absolute atomic E-state index is 0.342. The van der Waals surface area contributed by atoms with Crippen molar-refractivity contribution in [2.24, 2.45) is 0 Å². The Morgan fingerprint density at radius 2 is 1.53 bits per heavy atom. The first-order valence-electron chi connectivity index (χ1n) is 5.54. The van der Waals surface area contributed by atoms with Crippen molar-refractivity contribution >= 4 is 22.4 Å². The third-order valence-corrected chi connectivity index (χ3v) is 2.78. The minimum Gasteiger partial charge on any atom is -0.399 e. The summed E-state index contributed by atoms with van der Waals surface area (Å²) in [6.45, 7) is 0. The second-order valence-corrected chi connectivity index (χ2v) is 4.26. The third-order valence-electron chi connectivity index (χ3n) is 2.78. The highest BCUT2D eigenvalue weighted by Gasteiger charge is 2.10. The van der Waals surface area contributed by atoms with Crippen molar-refractivity contribution in [1.82, 2.24) is 9.97 Å². The number of hydrogen-bond donors (Lipinski definition) is 3. The Bertz CT molecular complexity index is 720. The molecule has 96 valence electrons. The van der Waals surface area contributed by atoms with Crippen LogP contribution in [0.5, 0.6) is 0 Å². The fraction of sp³-hybridized carbons (Fsp3) is 0. The SMILES string of the molecule is Nc1cc(N)cc(-c2nc3cc(F)c(F)cc3[nH]2)c1. The third kappa shape index (κ3) is 1.97. The number of nitrogens with two attached hydrogens (primary N) is 2. The van der Waals surface area contributed by atoms with Crippen molar-refractivity contribution in [2.45, 2.75) is 0 Å².